The minimum Gasteiger partial charge on any atom is -0.490 e. The zero-order valence-corrected chi connectivity index (χ0v) is 18.3. The van der Waals surface area contributed by atoms with Crippen LogP contribution in [-0.4, -0.2) is 24.2 Å². The van der Waals surface area contributed by atoms with E-state index in [1.165, 1.54) is 11.3 Å². The molecule has 2 aromatic heterocycles. The summed E-state index contributed by atoms with van der Waals surface area (Å²) < 4.78 is 12.7. The van der Waals surface area contributed by atoms with Gasteiger partial charge in [0, 0.05) is 9.86 Å². The number of para-hydroxylation sites is 1. The smallest absolute Gasteiger partial charge is 0.339 e. The summed E-state index contributed by atoms with van der Waals surface area (Å²) in [5.74, 6) is 0.298. The first-order valence-electron chi connectivity index (χ1n) is 8.81. The Kier molecular flexibility index (Phi) is 6.13. The summed E-state index contributed by atoms with van der Waals surface area (Å²) in [7, 11) is 0. The van der Waals surface area contributed by atoms with Crippen LogP contribution in [-0.2, 0) is 4.74 Å². The van der Waals surface area contributed by atoms with Crippen LogP contribution in [0, 0.1) is 0 Å². The lowest BCUT2D eigenvalue weighted by molar-refractivity contribution is 0.0452. The number of pyridine rings is 1. The van der Waals surface area contributed by atoms with Crippen molar-refractivity contribution in [3.05, 3.63) is 81.1 Å². The second-order valence-electron chi connectivity index (χ2n) is 6.12. The van der Waals surface area contributed by atoms with Crippen LogP contribution < -0.4 is 4.74 Å². The van der Waals surface area contributed by atoms with Crippen molar-refractivity contribution in [2.24, 2.45) is 0 Å². The fraction of sp³-hybridized carbons (Fsp3) is 0.0909. The number of thiophene rings is 1. The van der Waals surface area contributed by atoms with Gasteiger partial charge in [-0.1, -0.05) is 51.8 Å². The Hall–Kier alpha value is -2.41. The average molecular weight is 489 g/mol. The zero-order valence-electron chi connectivity index (χ0n) is 15.1. The lowest BCUT2D eigenvalue weighted by atomic mass is 10.1. The van der Waals surface area contributed by atoms with Crippen LogP contribution in [0.25, 0.3) is 21.5 Å². The minimum absolute atomic E-state index is 0.141. The van der Waals surface area contributed by atoms with Gasteiger partial charge in [-0.3, -0.25) is 0 Å². The third-order valence-electron chi connectivity index (χ3n) is 4.14. The maximum atomic E-state index is 12.8. The number of hydrogen-bond acceptors (Lipinski definition) is 5. The molecule has 0 radical (unpaired) electrons. The lowest BCUT2D eigenvalue weighted by Gasteiger charge is -2.10. The number of esters is 1. The second-order valence-corrected chi connectivity index (χ2v) is 8.75. The molecular formula is C22H15BrClNO3S. The molecule has 0 aliphatic carbocycles. The van der Waals surface area contributed by atoms with E-state index in [1.807, 2.05) is 60.7 Å². The number of carbonyl (C=O) groups excluding carboxylic acids is 1. The average Bonchev–Trinajstić information content (AvgIpc) is 3.16. The molecule has 0 aliphatic rings. The molecule has 0 unspecified atom stereocenters. The summed E-state index contributed by atoms with van der Waals surface area (Å²) in [6.45, 7) is 0.404. The summed E-state index contributed by atoms with van der Waals surface area (Å²) in [4.78, 5) is 18.3. The van der Waals surface area contributed by atoms with Gasteiger partial charge in [0.15, 0.2) is 0 Å². The zero-order chi connectivity index (χ0) is 20.2. The molecule has 29 heavy (non-hydrogen) atoms. The first-order valence-corrected chi connectivity index (χ1v) is 10.8. The number of fused-ring (bicyclic) bond motifs is 1. The molecule has 2 heterocycles. The molecule has 0 aliphatic heterocycles. The number of benzene rings is 2. The molecule has 0 bridgehead atoms. The summed E-state index contributed by atoms with van der Waals surface area (Å²) in [6.07, 6.45) is 0. The first-order chi connectivity index (χ1) is 14.1. The summed E-state index contributed by atoms with van der Waals surface area (Å²) in [6, 6.07) is 20.5. The molecule has 7 heteroatoms. The number of aromatic nitrogens is 1. The van der Waals surface area contributed by atoms with Crippen molar-refractivity contribution in [3.63, 3.8) is 0 Å². The predicted molar refractivity (Wildman–Crippen MR) is 120 cm³/mol. The van der Waals surface area contributed by atoms with Gasteiger partial charge in [-0.2, -0.15) is 0 Å². The molecule has 0 fully saturated rings. The summed E-state index contributed by atoms with van der Waals surface area (Å²) in [5, 5.41) is 0.747. The maximum Gasteiger partial charge on any atom is 0.339 e. The Bertz CT molecular complexity index is 1180. The molecule has 4 rings (SSSR count). The largest absolute Gasteiger partial charge is 0.490 e. The Morgan fingerprint density at radius 2 is 1.90 bits per heavy atom. The number of carbonyl (C=O) groups is 1. The highest BCUT2D eigenvalue weighted by atomic mass is 79.9. The summed E-state index contributed by atoms with van der Waals surface area (Å²) >= 11 is 10.9. The van der Waals surface area contributed by atoms with Crippen molar-refractivity contribution in [1.82, 2.24) is 4.98 Å². The molecule has 0 spiro atoms. The standard InChI is InChI=1S/C22H15BrClNO3S/c23-14-4-3-5-15(12-14)27-10-11-28-22(26)17-13-19(20-8-9-21(24)29-20)25-18-7-2-1-6-16(17)18/h1-9,12-13H,10-11H2. The van der Waals surface area contributed by atoms with Crippen LogP contribution >= 0.6 is 38.9 Å². The minimum atomic E-state index is -0.412. The highest BCUT2D eigenvalue weighted by molar-refractivity contribution is 9.10. The van der Waals surface area contributed by atoms with E-state index in [1.54, 1.807) is 6.07 Å². The van der Waals surface area contributed by atoms with Crippen LogP contribution in [0.5, 0.6) is 5.75 Å². The van der Waals surface area contributed by atoms with Crippen LogP contribution in [0.1, 0.15) is 10.4 Å². The van der Waals surface area contributed by atoms with E-state index in [0.29, 0.717) is 21.3 Å². The van der Waals surface area contributed by atoms with Gasteiger partial charge in [0.05, 0.1) is 26.0 Å². The Morgan fingerprint density at radius 1 is 1.03 bits per heavy atom. The number of ether oxygens (including phenoxy) is 2. The van der Waals surface area contributed by atoms with Crippen LogP contribution in [0.15, 0.2) is 71.2 Å². The number of nitrogens with zero attached hydrogens (tertiary/aromatic N) is 1. The van der Waals surface area contributed by atoms with Gasteiger partial charge in [0.1, 0.15) is 19.0 Å². The van der Waals surface area contributed by atoms with Crippen LogP contribution in [0.2, 0.25) is 4.34 Å². The van der Waals surface area contributed by atoms with E-state index >= 15 is 0 Å². The molecule has 0 saturated heterocycles. The van der Waals surface area contributed by atoms with Gasteiger partial charge in [-0.05, 0) is 42.5 Å². The molecule has 0 N–H and O–H groups in total. The van der Waals surface area contributed by atoms with Gasteiger partial charge in [-0.15, -0.1) is 11.3 Å². The Balaban J connectivity index is 1.51. The third kappa shape index (κ3) is 4.78. The number of hydrogen-bond donors (Lipinski definition) is 0. The van der Waals surface area contributed by atoms with E-state index in [-0.39, 0.29) is 13.2 Å². The van der Waals surface area contributed by atoms with Crippen molar-refractivity contribution in [3.8, 4) is 16.3 Å². The van der Waals surface area contributed by atoms with E-state index in [4.69, 9.17) is 21.1 Å². The van der Waals surface area contributed by atoms with Crippen LogP contribution in [0.4, 0.5) is 0 Å². The fourth-order valence-corrected chi connectivity index (χ4v) is 4.23. The van der Waals surface area contributed by atoms with E-state index in [9.17, 15) is 4.79 Å². The molecule has 0 atom stereocenters. The molecule has 146 valence electrons. The number of halogens is 2. The highest BCUT2D eigenvalue weighted by Gasteiger charge is 2.16. The lowest BCUT2D eigenvalue weighted by Crippen LogP contribution is -2.13. The predicted octanol–water partition coefficient (Wildman–Crippen LogP) is 6.62. The van der Waals surface area contributed by atoms with Gasteiger partial charge < -0.3 is 9.47 Å². The molecule has 0 saturated carbocycles. The molecule has 0 amide bonds. The first kappa shape index (κ1) is 19.9. The van der Waals surface area contributed by atoms with Gasteiger partial charge >= 0.3 is 5.97 Å². The molecule has 4 aromatic rings. The van der Waals surface area contributed by atoms with Crippen molar-refractivity contribution in [2.75, 3.05) is 13.2 Å². The van der Waals surface area contributed by atoms with Gasteiger partial charge in [-0.25, -0.2) is 9.78 Å². The second kappa shape index (κ2) is 8.95. The SMILES string of the molecule is O=C(OCCOc1cccc(Br)c1)c1cc(-c2ccc(Cl)s2)nc2ccccc12. The Morgan fingerprint density at radius 3 is 2.69 bits per heavy atom. The normalized spacial score (nSPS) is 10.8. The quantitative estimate of drug-likeness (QED) is 0.226. The van der Waals surface area contributed by atoms with Crippen molar-refractivity contribution >= 4 is 55.7 Å². The van der Waals surface area contributed by atoms with E-state index in [0.717, 1.165) is 20.3 Å². The molecular weight excluding hydrogens is 474 g/mol. The Labute approximate surface area is 185 Å². The van der Waals surface area contributed by atoms with E-state index < -0.39 is 5.97 Å². The third-order valence-corrected chi connectivity index (χ3v) is 5.89. The number of rotatable bonds is 6. The van der Waals surface area contributed by atoms with Crippen molar-refractivity contribution in [1.29, 1.82) is 0 Å². The molecule has 2 aromatic carbocycles. The molecule has 4 nitrogen and oxygen atoms in total. The monoisotopic (exact) mass is 487 g/mol. The van der Waals surface area contributed by atoms with Crippen molar-refractivity contribution < 1.29 is 14.3 Å². The topological polar surface area (TPSA) is 48.4 Å². The van der Waals surface area contributed by atoms with E-state index in [2.05, 4.69) is 20.9 Å². The highest BCUT2D eigenvalue weighted by Crippen LogP contribution is 2.32. The van der Waals surface area contributed by atoms with Crippen molar-refractivity contribution in [2.45, 2.75) is 0 Å². The summed E-state index contributed by atoms with van der Waals surface area (Å²) in [5.41, 5.74) is 1.89. The van der Waals surface area contributed by atoms with Gasteiger partial charge in [0.2, 0.25) is 0 Å². The van der Waals surface area contributed by atoms with Crippen LogP contribution in [0.3, 0.4) is 0 Å². The maximum absolute atomic E-state index is 12.8. The van der Waals surface area contributed by atoms with Gasteiger partial charge in [0.25, 0.3) is 0 Å². The fourth-order valence-electron chi connectivity index (χ4n) is 2.85.